The second-order valence-corrected chi connectivity index (χ2v) is 16.0. The van der Waals surface area contributed by atoms with Gasteiger partial charge in [0.05, 0.1) is 5.41 Å². The summed E-state index contributed by atoms with van der Waals surface area (Å²) < 4.78 is 0. The second-order valence-electron chi connectivity index (χ2n) is 16.0. The molecule has 1 heteroatoms. The maximum Gasteiger partial charge on any atom is 0.0719 e. The average molecular weight is 728 g/mol. The molecule has 0 radical (unpaired) electrons. The van der Waals surface area contributed by atoms with Crippen LogP contribution in [-0.2, 0) is 10.8 Å². The first kappa shape index (κ1) is 33.4. The first-order valence-electron chi connectivity index (χ1n) is 20.0. The van der Waals surface area contributed by atoms with Crippen molar-refractivity contribution >= 4 is 27.8 Å². The molecule has 0 aliphatic heterocycles. The van der Waals surface area contributed by atoms with Crippen LogP contribution in [0.15, 0.2) is 212 Å². The zero-order valence-electron chi connectivity index (χ0n) is 32.2. The molecule has 270 valence electrons. The smallest absolute Gasteiger partial charge is 0.0719 e. The van der Waals surface area contributed by atoms with E-state index in [1.165, 1.54) is 77.5 Å². The predicted molar refractivity (Wildman–Crippen MR) is 239 cm³/mol. The van der Waals surface area contributed by atoms with E-state index in [1.807, 2.05) is 0 Å². The van der Waals surface area contributed by atoms with Crippen molar-refractivity contribution in [3.63, 3.8) is 0 Å². The number of benzene rings is 9. The van der Waals surface area contributed by atoms with Crippen molar-refractivity contribution in [2.24, 2.45) is 0 Å². The molecule has 2 aliphatic rings. The van der Waals surface area contributed by atoms with Gasteiger partial charge in [0.2, 0.25) is 0 Å². The number of hydrogen-bond donors (Lipinski definition) is 0. The van der Waals surface area contributed by atoms with Gasteiger partial charge in [0, 0.05) is 22.5 Å². The predicted octanol–water partition coefficient (Wildman–Crippen LogP) is 14.6. The Bertz CT molecular complexity index is 2910. The molecule has 9 aromatic rings. The van der Waals surface area contributed by atoms with E-state index in [4.69, 9.17) is 0 Å². The Morgan fingerprint density at radius 2 is 0.895 bits per heavy atom. The maximum atomic E-state index is 2.46. The molecule has 1 nitrogen and oxygen atoms in total. The number of para-hydroxylation sites is 1. The third kappa shape index (κ3) is 4.89. The summed E-state index contributed by atoms with van der Waals surface area (Å²) in [6.45, 7) is 4.82. The number of anilines is 3. The molecule has 9 aromatic carbocycles. The number of hydrogen-bond acceptors (Lipinski definition) is 1. The summed E-state index contributed by atoms with van der Waals surface area (Å²) >= 11 is 0. The Kier molecular flexibility index (Phi) is 7.50. The van der Waals surface area contributed by atoms with Crippen molar-refractivity contribution in [3.05, 3.63) is 246 Å². The van der Waals surface area contributed by atoms with Crippen LogP contribution in [0.25, 0.3) is 44.2 Å². The normalized spacial score (nSPS) is 14.1. The highest BCUT2D eigenvalue weighted by molar-refractivity contribution is 6.10. The average Bonchev–Trinajstić information content (AvgIpc) is 3.71. The molecule has 2 aliphatic carbocycles. The quantitative estimate of drug-likeness (QED) is 0.165. The van der Waals surface area contributed by atoms with E-state index >= 15 is 0 Å². The SMILES string of the molecule is CC1(C)c2cc(N(c3ccccc3)c3ccc(-c4ccccc4)cc3)ccc2-c2c1ccc1ccc3c(c21)C(c1ccccc1)(c1ccccc1)c1ccccc1-3. The van der Waals surface area contributed by atoms with Crippen molar-refractivity contribution in [2.75, 3.05) is 4.90 Å². The summed E-state index contributed by atoms with van der Waals surface area (Å²) in [5.74, 6) is 0. The van der Waals surface area contributed by atoms with Crippen LogP contribution in [0.5, 0.6) is 0 Å². The monoisotopic (exact) mass is 727 g/mol. The minimum Gasteiger partial charge on any atom is -0.310 e. The lowest BCUT2D eigenvalue weighted by molar-refractivity contribution is 0.661. The van der Waals surface area contributed by atoms with Gasteiger partial charge in [-0.15, -0.1) is 0 Å². The second kappa shape index (κ2) is 12.8. The van der Waals surface area contributed by atoms with Crippen molar-refractivity contribution in [1.29, 1.82) is 0 Å². The lowest BCUT2D eigenvalue weighted by Crippen LogP contribution is -2.29. The minimum absolute atomic E-state index is 0.231. The molecule has 57 heavy (non-hydrogen) atoms. The van der Waals surface area contributed by atoms with Gasteiger partial charge in [-0.25, -0.2) is 0 Å². The van der Waals surface area contributed by atoms with Crippen molar-refractivity contribution < 1.29 is 0 Å². The van der Waals surface area contributed by atoms with Gasteiger partial charge in [0.1, 0.15) is 0 Å². The van der Waals surface area contributed by atoms with Crippen LogP contribution < -0.4 is 4.90 Å². The van der Waals surface area contributed by atoms with E-state index in [0.29, 0.717) is 0 Å². The van der Waals surface area contributed by atoms with E-state index in [-0.39, 0.29) is 5.41 Å². The molecule has 0 saturated carbocycles. The van der Waals surface area contributed by atoms with Gasteiger partial charge in [-0.3, -0.25) is 0 Å². The minimum atomic E-state index is -0.494. The van der Waals surface area contributed by atoms with Crippen molar-refractivity contribution in [1.82, 2.24) is 0 Å². The third-order valence-electron chi connectivity index (χ3n) is 12.7. The Balaban J connectivity index is 1.16. The van der Waals surface area contributed by atoms with Gasteiger partial charge in [0.15, 0.2) is 0 Å². The highest BCUT2D eigenvalue weighted by Crippen LogP contribution is 2.61. The Morgan fingerprint density at radius 1 is 0.368 bits per heavy atom. The van der Waals surface area contributed by atoms with E-state index in [0.717, 1.165) is 17.1 Å². The lowest BCUT2D eigenvalue weighted by atomic mass is 9.66. The zero-order valence-corrected chi connectivity index (χ0v) is 32.2. The summed E-state index contributed by atoms with van der Waals surface area (Å²) in [5.41, 5.74) is 18.4. The molecule has 0 fully saturated rings. The summed E-state index contributed by atoms with van der Waals surface area (Å²) in [4.78, 5) is 2.40. The van der Waals surface area contributed by atoms with Crippen LogP contribution in [-0.4, -0.2) is 0 Å². The molecule has 0 spiro atoms. The Hall–Kier alpha value is -6.96. The fourth-order valence-corrected chi connectivity index (χ4v) is 10.2. The summed E-state index contributed by atoms with van der Waals surface area (Å²) in [7, 11) is 0. The fourth-order valence-electron chi connectivity index (χ4n) is 10.2. The first-order valence-corrected chi connectivity index (χ1v) is 20.0. The van der Waals surface area contributed by atoms with Gasteiger partial charge >= 0.3 is 0 Å². The van der Waals surface area contributed by atoms with Gasteiger partial charge in [-0.1, -0.05) is 190 Å². The van der Waals surface area contributed by atoms with Gasteiger partial charge in [-0.05, 0) is 114 Å². The van der Waals surface area contributed by atoms with Crippen LogP contribution in [0.4, 0.5) is 17.1 Å². The van der Waals surface area contributed by atoms with Crippen LogP contribution in [0.2, 0.25) is 0 Å². The number of rotatable bonds is 6. The Labute approximate surface area is 335 Å². The van der Waals surface area contributed by atoms with Crippen LogP contribution in [0, 0.1) is 0 Å². The van der Waals surface area contributed by atoms with Gasteiger partial charge in [-0.2, -0.15) is 0 Å². The van der Waals surface area contributed by atoms with Gasteiger partial charge in [0.25, 0.3) is 0 Å². The molecule has 0 heterocycles. The largest absolute Gasteiger partial charge is 0.310 e. The first-order chi connectivity index (χ1) is 28.0. The van der Waals surface area contributed by atoms with E-state index in [2.05, 4.69) is 231 Å². The van der Waals surface area contributed by atoms with Crippen LogP contribution in [0.1, 0.15) is 47.2 Å². The molecule has 0 atom stereocenters. The number of nitrogens with zero attached hydrogens (tertiary/aromatic N) is 1. The summed E-state index contributed by atoms with van der Waals surface area (Å²) in [5, 5.41) is 2.62. The lowest BCUT2D eigenvalue weighted by Gasteiger charge is -2.35. The Morgan fingerprint density at radius 3 is 1.58 bits per heavy atom. The van der Waals surface area contributed by atoms with Crippen LogP contribution >= 0.6 is 0 Å². The molecule has 11 rings (SSSR count). The zero-order chi connectivity index (χ0) is 38.1. The van der Waals surface area contributed by atoms with E-state index in [1.54, 1.807) is 0 Å². The standard InChI is InChI=1S/C56H41N/c1-55(2)50-36-30-40-29-34-47-46-25-15-16-26-49(46)56(41-19-9-4-10-20-41,42-21-11-5-12-22-42)54(47)52(40)53(50)48-35-33-45(37-51(48)55)57(43-23-13-6-14-24-43)44-31-27-39(28-32-44)38-17-7-3-8-18-38/h3-37H,1-2H3. The molecular formula is C56H41N. The summed E-state index contributed by atoms with van der Waals surface area (Å²) in [6.07, 6.45) is 0. The van der Waals surface area contributed by atoms with E-state index in [9.17, 15) is 0 Å². The number of fused-ring (bicyclic) bond motifs is 9. The summed E-state index contributed by atoms with van der Waals surface area (Å²) in [6, 6.07) is 78.5. The fraction of sp³-hybridized carbons (Fsp3) is 0.0714. The third-order valence-corrected chi connectivity index (χ3v) is 12.7. The molecule has 0 saturated heterocycles. The topological polar surface area (TPSA) is 3.24 Å². The molecule has 0 unspecified atom stereocenters. The maximum absolute atomic E-state index is 2.46. The van der Waals surface area contributed by atoms with Crippen molar-refractivity contribution in [2.45, 2.75) is 24.7 Å². The highest BCUT2D eigenvalue weighted by atomic mass is 15.1. The van der Waals surface area contributed by atoms with E-state index < -0.39 is 5.41 Å². The molecule has 0 amide bonds. The highest BCUT2D eigenvalue weighted by Gasteiger charge is 2.48. The molecular weight excluding hydrogens is 687 g/mol. The van der Waals surface area contributed by atoms with Crippen LogP contribution in [0.3, 0.4) is 0 Å². The molecule has 0 N–H and O–H groups in total. The molecule has 0 bridgehead atoms. The van der Waals surface area contributed by atoms with Crippen molar-refractivity contribution in [3.8, 4) is 33.4 Å². The molecule has 0 aromatic heterocycles. The van der Waals surface area contributed by atoms with Gasteiger partial charge < -0.3 is 4.90 Å².